The molecule has 1 amide bonds. The lowest BCUT2D eigenvalue weighted by Gasteiger charge is -2.27. The molecule has 0 unspecified atom stereocenters. The number of phenolic OH excluding ortho intramolecular Hbond substituents is 1. The number of carbonyl (C=O) groups excluding carboxylic acids is 1. The van der Waals surface area contributed by atoms with E-state index in [4.69, 9.17) is 0 Å². The zero-order valence-corrected chi connectivity index (χ0v) is 18.6. The largest absolute Gasteiger partial charge is 0.507 e. The fourth-order valence-electron chi connectivity index (χ4n) is 3.52. The summed E-state index contributed by atoms with van der Waals surface area (Å²) in [6.45, 7) is 12.4. The molecule has 156 valence electrons. The van der Waals surface area contributed by atoms with Gasteiger partial charge in [0, 0.05) is 16.7 Å². The third kappa shape index (κ3) is 4.54. The standard InChI is InChI=1S/C26H30N2O2/c1-25(2,3)21-14-17(15-22(23(21)29)26(4,5)6)16-27-28-24(30)20-13-9-11-18-10-7-8-12-19(18)20/h7-16,29H,1-6H3,(H,28,30)/b27-16+. The first-order valence-electron chi connectivity index (χ1n) is 10.2. The normalized spacial score (nSPS) is 12.5. The number of nitrogens with zero attached hydrogens (tertiary/aromatic N) is 1. The minimum Gasteiger partial charge on any atom is -0.507 e. The molecule has 0 heterocycles. The van der Waals surface area contributed by atoms with Crippen molar-refractivity contribution in [3.8, 4) is 5.75 Å². The number of carbonyl (C=O) groups is 1. The van der Waals surface area contributed by atoms with Gasteiger partial charge in [0.2, 0.25) is 0 Å². The van der Waals surface area contributed by atoms with Crippen LogP contribution in [0.1, 0.15) is 68.6 Å². The van der Waals surface area contributed by atoms with Gasteiger partial charge in [0.25, 0.3) is 5.91 Å². The van der Waals surface area contributed by atoms with Gasteiger partial charge in [-0.2, -0.15) is 5.10 Å². The molecule has 0 saturated carbocycles. The van der Waals surface area contributed by atoms with Crippen LogP contribution in [0.2, 0.25) is 0 Å². The van der Waals surface area contributed by atoms with Gasteiger partial charge in [-0.3, -0.25) is 4.79 Å². The van der Waals surface area contributed by atoms with Crippen molar-refractivity contribution >= 4 is 22.9 Å². The number of amides is 1. The lowest BCUT2D eigenvalue weighted by Crippen LogP contribution is -2.19. The molecule has 4 nitrogen and oxygen atoms in total. The molecule has 0 aliphatic heterocycles. The molecule has 4 heteroatoms. The highest BCUT2D eigenvalue weighted by molar-refractivity contribution is 6.07. The summed E-state index contributed by atoms with van der Waals surface area (Å²) in [6, 6.07) is 17.3. The maximum atomic E-state index is 12.7. The Bertz CT molecular complexity index is 1080. The maximum Gasteiger partial charge on any atom is 0.271 e. The van der Waals surface area contributed by atoms with Crippen molar-refractivity contribution in [2.75, 3.05) is 0 Å². The first kappa shape index (κ1) is 21.6. The molecule has 3 aromatic carbocycles. The number of fused-ring (bicyclic) bond motifs is 1. The van der Waals surface area contributed by atoms with Gasteiger partial charge in [-0.15, -0.1) is 0 Å². The first-order chi connectivity index (χ1) is 14.0. The number of benzene rings is 3. The SMILES string of the molecule is CC(C)(C)c1cc(/C=N/NC(=O)c2cccc3ccccc23)cc(C(C)(C)C)c1O. The van der Waals surface area contributed by atoms with Crippen LogP contribution < -0.4 is 5.43 Å². The van der Waals surface area contributed by atoms with Crippen LogP contribution in [-0.4, -0.2) is 17.2 Å². The number of hydrazone groups is 1. The molecule has 30 heavy (non-hydrogen) atoms. The number of nitrogens with one attached hydrogen (secondary N) is 1. The quantitative estimate of drug-likeness (QED) is 0.423. The van der Waals surface area contributed by atoms with Crippen LogP contribution in [-0.2, 0) is 10.8 Å². The van der Waals surface area contributed by atoms with Crippen molar-refractivity contribution in [3.05, 3.63) is 76.9 Å². The lowest BCUT2D eigenvalue weighted by atomic mass is 9.78. The predicted molar refractivity (Wildman–Crippen MR) is 125 cm³/mol. The average molecular weight is 403 g/mol. The molecule has 0 spiro atoms. The van der Waals surface area contributed by atoms with Crippen molar-refractivity contribution in [2.45, 2.75) is 52.4 Å². The molecule has 0 radical (unpaired) electrons. The summed E-state index contributed by atoms with van der Waals surface area (Å²) in [6.07, 6.45) is 1.63. The summed E-state index contributed by atoms with van der Waals surface area (Å²) in [5.74, 6) is 0.0702. The van der Waals surface area contributed by atoms with Crippen molar-refractivity contribution in [1.29, 1.82) is 0 Å². The number of hydrogen-bond acceptors (Lipinski definition) is 3. The topological polar surface area (TPSA) is 61.7 Å². The lowest BCUT2D eigenvalue weighted by molar-refractivity contribution is 0.0957. The molecule has 0 aromatic heterocycles. The summed E-state index contributed by atoms with van der Waals surface area (Å²) in [7, 11) is 0. The highest BCUT2D eigenvalue weighted by Gasteiger charge is 2.26. The molecule has 0 fully saturated rings. The van der Waals surface area contributed by atoms with E-state index in [1.165, 1.54) is 0 Å². The van der Waals surface area contributed by atoms with E-state index in [0.29, 0.717) is 11.3 Å². The van der Waals surface area contributed by atoms with Gasteiger partial charge in [0.1, 0.15) is 5.75 Å². The molecule has 0 atom stereocenters. The van der Waals surface area contributed by atoms with Crippen molar-refractivity contribution in [1.82, 2.24) is 5.43 Å². The van der Waals surface area contributed by atoms with Crippen LogP contribution in [0.4, 0.5) is 0 Å². The van der Waals surface area contributed by atoms with Gasteiger partial charge in [0.05, 0.1) is 6.21 Å². The molecule has 0 saturated heterocycles. The fraction of sp³-hybridized carbons (Fsp3) is 0.308. The number of rotatable bonds is 3. The third-order valence-corrected chi connectivity index (χ3v) is 5.16. The van der Waals surface area contributed by atoms with E-state index in [1.807, 2.05) is 48.5 Å². The zero-order valence-electron chi connectivity index (χ0n) is 18.6. The molecule has 3 rings (SSSR count). The van der Waals surface area contributed by atoms with E-state index < -0.39 is 0 Å². The third-order valence-electron chi connectivity index (χ3n) is 5.16. The highest BCUT2D eigenvalue weighted by Crippen LogP contribution is 2.39. The maximum absolute atomic E-state index is 12.7. The van der Waals surface area contributed by atoms with E-state index in [9.17, 15) is 9.90 Å². The Morgan fingerprint density at radius 1 is 0.900 bits per heavy atom. The van der Waals surface area contributed by atoms with Gasteiger partial charge >= 0.3 is 0 Å². The predicted octanol–water partition coefficient (Wildman–Crippen LogP) is 5.90. The minimum absolute atomic E-state index is 0.222. The number of phenols is 1. The molecular formula is C26H30N2O2. The Morgan fingerprint density at radius 3 is 2.07 bits per heavy atom. The van der Waals surface area contributed by atoms with E-state index in [1.54, 1.807) is 12.3 Å². The highest BCUT2D eigenvalue weighted by atomic mass is 16.3. The molecule has 3 aromatic rings. The molecule has 2 N–H and O–H groups in total. The smallest absolute Gasteiger partial charge is 0.271 e. The van der Waals surface area contributed by atoms with Crippen LogP contribution in [0, 0.1) is 0 Å². The molecular weight excluding hydrogens is 372 g/mol. The second-order valence-corrected chi connectivity index (χ2v) is 9.69. The van der Waals surface area contributed by atoms with Gasteiger partial charge in [-0.05, 0) is 45.4 Å². The number of hydrogen-bond donors (Lipinski definition) is 2. The summed E-state index contributed by atoms with van der Waals surface area (Å²) in [5, 5.41) is 16.9. The monoisotopic (exact) mass is 402 g/mol. The Kier molecular flexibility index (Phi) is 5.71. The second kappa shape index (κ2) is 7.94. The Hall–Kier alpha value is -3.14. The second-order valence-electron chi connectivity index (χ2n) is 9.69. The zero-order chi connectivity index (χ0) is 22.1. The molecule has 0 aliphatic rings. The van der Waals surface area contributed by atoms with E-state index in [-0.39, 0.29) is 16.7 Å². The molecule has 0 bridgehead atoms. The van der Waals surface area contributed by atoms with Crippen LogP contribution >= 0.6 is 0 Å². The Balaban J connectivity index is 1.91. The van der Waals surface area contributed by atoms with Crippen LogP contribution in [0.25, 0.3) is 10.8 Å². The van der Waals surface area contributed by atoms with Gasteiger partial charge < -0.3 is 5.11 Å². The van der Waals surface area contributed by atoms with Gasteiger partial charge in [0.15, 0.2) is 0 Å². The summed E-state index contributed by atoms with van der Waals surface area (Å²) in [5.41, 5.74) is 5.33. The fourth-order valence-corrected chi connectivity index (χ4v) is 3.52. The average Bonchev–Trinajstić information content (AvgIpc) is 2.66. The van der Waals surface area contributed by atoms with Crippen molar-refractivity contribution in [2.24, 2.45) is 5.10 Å². The van der Waals surface area contributed by atoms with E-state index >= 15 is 0 Å². The van der Waals surface area contributed by atoms with E-state index in [0.717, 1.165) is 27.5 Å². The van der Waals surface area contributed by atoms with Crippen LogP contribution in [0.3, 0.4) is 0 Å². The van der Waals surface area contributed by atoms with Crippen molar-refractivity contribution < 1.29 is 9.90 Å². The summed E-state index contributed by atoms with van der Waals surface area (Å²) in [4.78, 5) is 12.7. The van der Waals surface area contributed by atoms with Gasteiger partial charge in [-0.1, -0.05) is 77.9 Å². The minimum atomic E-state index is -0.256. The van der Waals surface area contributed by atoms with Crippen LogP contribution in [0.5, 0.6) is 5.75 Å². The molecule has 0 aliphatic carbocycles. The number of aromatic hydroxyl groups is 1. The Labute approximate surface area is 178 Å². The Morgan fingerprint density at radius 2 is 1.47 bits per heavy atom. The van der Waals surface area contributed by atoms with Gasteiger partial charge in [-0.25, -0.2) is 5.43 Å². The van der Waals surface area contributed by atoms with Crippen LogP contribution in [0.15, 0.2) is 59.7 Å². The van der Waals surface area contributed by atoms with E-state index in [2.05, 4.69) is 52.1 Å². The first-order valence-corrected chi connectivity index (χ1v) is 10.2. The summed E-state index contributed by atoms with van der Waals surface area (Å²) >= 11 is 0. The summed E-state index contributed by atoms with van der Waals surface area (Å²) < 4.78 is 0. The van der Waals surface area contributed by atoms with Crippen molar-refractivity contribution in [3.63, 3.8) is 0 Å².